The number of cyclic esters (lactones) is 1. The first-order valence-electron chi connectivity index (χ1n) is 9.06. The highest BCUT2D eigenvalue weighted by Gasteiger charge is 2.25. The van der Waals surface area contributed by atoms with Crippen LogP contribution in [0.1, 0.15) is 25.0 Å². The summed E-state index contributed by atoms with van der Waals surface area (Å²) in [6, 6.07) is 9.45. The molecule has 9 heteroatoms. The Morgan fingerprint density at radius 2 is 1.45 bits per heavy atom. The van der Waals surface area contributed by atoms with E-state index in [0.717, 1.165) is 0 Å². The Morgan fingerprint density at radius 3 is 2.03 bits per heavy atom. The molecule has 0 unspecified atom stereocenters. The summed E-state index contributed by atoms with van der Waals surface area (Å²) in [6.45, 7) is 2.56. The van der Waals surface area contributed by atoms with Crippen molar-refractivity contribution in [3.63, 3.8) is 0 Å². The SMILES string of the molecule is COc1cc(/C=C2\N=C(c3ccc(OC(C)=O)c(OC)c3)OC2=O)ccc1OC(C)=O. The zero-order valence-electron chi connectivity index (χ0n) is 17.3. The smallest absolute Gasteiger partial charge is 0.363 e. The summed E-state index contributed by atoms with van der Waals surface area (Å²) in [5.41, 5.74) is 1.13. The van der Waals surface area contributed by atoms with Gasteiger partial charge in [0.1, 0.15) is 0 Å². The van der Waals surface area contributed by atoms with Crippen LogP contribution in [0.15, 0.2) is 47.1 Å². The van der Waals surface area contributed by atoms with Crippen LogP contribution in [0.3, 0.4) is 0 Å². The number of esters is 3. The van der Waals surface area contributed by atoms with Crippen molar-refractivity contribution >= 4 is 29.9 Å². The van der Waals surface area contributed by atoms with Crippen LogP contribution in [0.2, 0.25) is 0 Å². The predicted octanol–water partition coefficient (Wildman–Crippen LogP) is 2.90. The fraction of sp³-hybridized carbons (Fsp3) is 0.182. The third kappa shape index (κ3) is 5.08. The maximum absolute atomic E-state index is 12.3. The lowest BCUT2D eigenvalue weighted by Crippen LogP contribution is -2.07. The van der Waals surface area contributed by atoms with E-state index in [1.165, 1.54) is 40.2 Å². The van der Waals surface area contributed by atoms with Gasteiger partial charge in [0.15, 0.2) is 28.7 Å². The van der Waals surface area contributed by atoms with E-state index in [9.17, 15) is 14.4 Å². The van der Waals surface area contributed by atoms with Gasteiger partial charge in [-0.05, 0) is 42.0 Å². The van der Waals surface area contributed by atoms with Gasteiger partial charge < -0.3 is 23.7 Å². The van der Waals surface area contributed by atoms with Crippen LogP contribution < -0.4 is 18.9 Å². The molecule has 0 spiro atoms. The summed E-state index contributed by atoms with van der Waals surface area (Å²) in [7, 11) is 2.86. The zero-order chi connectivity index (χ0) is 22.5. The Kier molecular flexibility index (Phi) is 6.35. The molecule has 1 aliphatic rings. The highest BCUT2D eigenvalue weighted by atomic mass is 16.6. The largest absolute Gasteiger partial charge is 0.493 e. The number of hydrogen-bond acceptors (Lipinski definition) is 9. The third-order valence-electron chi connectivity index (χ3n) is 4.03. The summed E-state index contributed by atoms with van der Waals surface area (Å²) in [6.07, 6.45) is 1.51. The number of rotatable bonds is 6. The normalized spacial score (nSPS) is 14.0. The average molecular weight is 425 g/mol. The maximum atomic E-state index is 12.3. The minimum absolute atomic E-state index is 0.0697. The molecule has 9 nitrogen and oxygen atoms in total. The monoisotopic (exact) mass is 425 g/mol. The van der Waals surface area contributed by atoms with Crippen LogP contribution in [0.5, 0.6) is 23.0 Å². The van der Waals surface area contributed by atoms with Gasteiger partial charge in [0, 0.05) is 19.4 Å². The fourth-order valence-corrected chi connectivity index (χ4v) is 2.74. The second kappa shape index (κ2) is 9.12. The summed E-state index contributed by atoms with van der Waals surface area (Å²) in [5.74, 6) is -0.423. The summed E-state index contributed by atoms with van der Waals surface area (Å²) in [5, 5.41) is 0. The predicted molar refractivity (Wildman–Crippen MR) is 109 cm³/mol. The van der Waals surface area contributed by atoms with Crippen molar-refractivity contribution in [2.45, 2.75) is 13.8 Å². The van der Waals surface area contributed by atoms with Crippen molar-refractivity contribution < 1.29 is 38.1 Å². The number of hydrogen-bond donors (Lipinski definition) is 0. The molecule has 2 aromatic rings. The third-order valence-corrected chi connectivity index (χ3v) is 4.03. The van der Waals surface area contributed by atoms with Crippen molar-refractivity contribution in [3.05, 3.63) is 53.2 Å². The molecule has 3 rings (SSSR count). The van der Waals surface area contributed by atoms with Crippen molar-refractivity contribution in [3.8, 4) is 23.0 Å². The first-order valence-corrected chi connectivity index (χ1v) is 9.06. The standard InChI is InChI=1S/C22H19NO8/c1-12(24)29-17-7-5-14(10-19(17)27-3)9-16-22(26)31-21(23-16)15-6-8-18(30-13(2)25)20(11-15)28-4/h5-11H,1-4H3/b16-9-. The summed E-state index contributed by atoms with van der Waals surface area (Å²) in [4.78, 5) is 38.9. The topological polar surface area (TPSA) is 110 Å². The number of nitrogens with zero attached hydrogens (tertiary/aromatic N) is 1. The first kappa shape index (κ1) is 21.6. The molecule has 2 aromatic carbocycles. The van der Waals surface area contributed by atoms with Crippen LogP contribution in [-0.2, 0) is 19.1 Å². The number of carbonyl (C=O) groups is 3. The fourth-order valence-electron chi connectivity index (χ4n) is 2.74. The highest BCUT2D eigenvalue weighted by molar-refractivity contribution is 6.13. The van der Waals surface area contributed by atoms with E-state index in [0.29, 0.717) is 16.9 Å². The number of benzene rings is 2. The van der Waals surface area contributed by atoms with Crippen molar-refractivity contribution in [1.82, 2.24) is 0 Å². The average Bonchev–Trinajstić information content (AvgIpc) is 3.08. The molecule has 0 aliphatic carbocycles. The van der Waals surface area contributed by atoms with Crippen LogP contribution in [0, 0.1) is 0 Å². The Balaban J connectivity index is 1.90. The lowest BCUT2D eigenvalue weighted by molar-refractivity contribution is -0.132. The molecule has 0 saturated carbocycles. The van der Waals surface area contributed by atoms with Crippen molar-refractivity contribution in [2.75, 3.05) is 14.2 Å². The number of carbonyl (C=O) groups excluding carboxylic acids is 3. The summed E-state index contributed by atoms with van der Waals surface area (Å²) >= 11 is 0. The van der Waals surface area contributed by atoms with E-state index >= 15 is 0 Å². The van der Waals surface area contributed by atoms with Gasteiger partial charge in [-0.15, -0.1) is 0 Å². The lowest BCUT2D eigenvalue weighted by atomic mass is 10.1. The van der Waals surface area contributed by atoms with Gasteiger partial charge in [-0.3, -0.25) is 9.59 Å². The molecule has 0 amide bonds. The molecule has 0 N–H and O–H groups in total. The molecule has 0 bridgehead atoms. The van der Waals surface area contributed by atoms with Gasteiger partial charge >= 0.3 is 17.9 Å². The molecule has 0 saturated heterocycles. The van der Waals surface area contributed by atoms with E-state index in [1.807, 2.05) is 0 Å². The minimum atomic E-state index is -0.638. The van der Waals surface area contributed by atoms with E-state index < -0.39 is 17.9 Å². The first-order chi connectivity index (χ1) is 14.8. The molecular formula is C22H19NO8. The molecule has 0 fully saturated rings. The van der Waals surface area contributed by atoms with Gasteiger partial charge in [0.25, 0.3) is 0 Å². The van der Waals surface area contributed by atoms with Crippen LogP contribution in [0.4, 0.5) is 0 Å². The van der Waals surface area contributed by atoms with Crippen LogP contribution >= 0.6 is 0 Å². The van der Waals surface area contributed by atoms with Crippen LogP contribution in [0.25, 0.3) is 6.08 Å². The molecule has 1 heterocycles. The van der Waals surface area contributed by atoms with Gasteiger partial charge in [0.05, 0.1) is 14.2 Å². The quantitative estimate of drug-likeness (QED) is 0.395. The number of aliphatic imine (C=N–C) groups is 1. The molecule has 0 atom stereocenters. The molecule has 31 heavy (non-hydrogen) atoms. The lowest BCUT2D eigenvalue weighted by Gasteiger charge is -2.09. The van der Waals surface area contributed by atoms with Gasteiger partial charge in [-0.2, -0.15) is 0 Å². The van der Waals surface area contributed by atoms with Crippen molar-refractivity contribution in [2.24, 2.45) is 4.99 Å². The Bertz CT molecular complexity index is 1120. The van der Waals surface area contributed by atoms with E-state index in [4.69, 9.17) is 23.7 Å². The number of methoxy groups -OCH3 is 2. The van der Waals surface area contributed by atoms with Crippen LogP contribution in [-0.4, -0.2) is 38.0 Å². The summed E-state index contributed by atoms with van der Waals surface area (Å²) < 4.78 is 25.8. The number of ether oxygens (including phenoxy) is 5. The van der Waals surface area contributed by atoms with E-state index in [2.05, 4.69) is 4.99 Å². The zero-order valence-corrected chi connectivity index (χ0v) is 17.3. The molecular weight excluding hydrogens is 406 g/mol. The van der Waals surface area contributed by atoms with E-state index in [-0.39, 0.29) is 28.8 Å². The van der Waals surface area contributed by atoms with Crippen molar-refractivity contribution in [1.29, 1.82) is 0 Å². The second-order valence-electron chi connectivity index (χ2n) is 6.30. The Labute approximate surface area is 177 Å². The van der Waals surface area contributed by atoms with Gasteiger partial charge in [-0.25, -0.2) is 9.79 Å². The molecule has 1 aliphatic heterocycles. The second-order valence-corrected chi connectivity index (χ2v) is 6.30. The highest BCUT2D eigenvalue weighted by Crippen LogP contribution is 2.32. The Hall–Kier alpha value is -4.14. The molecule has 160 valence electrons. The maximum Gasteiger partial charge on any atom is 0.363 e. The Morgan fingerprint density at radius 1 is 0.871 bits per heavy atom. The van der Waals surface area contributed by atoms with Gasteiger partial charge in [-0.1, -0.05) is 6.07 Å². The van der Waals surface area contributed by atoms with E-state index in [1.54, 1.807) is 30.3 Å². The minimum Gasteiger partial charge on any atom is -0.493 e. The van der Waals surface area contributed by atoms with Gasteiger partial charge in [0.2, 0.25) is 5.90 Å². The molecule has 0 aromatic heterocycles. The molecule has 0 radical (unpaired) electrons.